The average Bonchev–Trinajstić information content (AvgIpc) is 3.12. The first-order valence-electron chi connectivity index (χ1n) is 12.5. The van der Waals surface area contributed by atoms with E-state index in [0.29, 0.717) is 18.7 Å². The maximum Gasteiger partial charge on any atom is 0.417 e. The van der Waals surface area contributed by atoms with Gasteiger partial charge < -0.3 is 20.3 Å². The zero-order valence-electron chi connectivity index (χ0n) is 21.5. The molecule has 218 valence electrons. The lowest BCUT2D eigenvalue weighted by molar-refractivity contribution is -0.137. The van der Waals surface area contributed by atoms with Crippen molar-refractivity contribution in [1.29, 1.82) is 0 Å². The van der Waals surface area contributed by atoms with Crippen LogP contribution in [0.3, 0.4) is 0 Å². The van der Waals surface area contributed by atoms with Crippen LogP contribution in [0.15, 0.2) is 36.5 Å². The van der Waals surface area contributed by atoms with Crippen LogP contribution in [0.2, 0.25) is 5.02 Å². The van der Waals surface area contributed by atoms with E-state index in [1.165, 1.54) is 32.2 Å². The number of hydrogen-bond donors (Lipinski definition) is 2. The fraction of sp³-hybridized carbons (Fsp3) is 0.500. The van der Waals surface area contributed by atoms with Crippen molar-refractivity contribution < 1.29 is 40.7 Å². The largest absolute Gasteiger partial charge is 0.478 e. The molecule has 40 heavy (non-hydrogen) atoms. The van der Waals surface area contributed by atoms with Gasteiger partial charge >= 0.3 is 12.4 Å². The van der Waals surface area contributed by atoms with Crippen molar-refractivity contribution in [3.05, 3.63) is 52.7 Å². The number of pyridine rings is 1. The molecule has 2 amide bonds. The summed E-state index contributed by atoms with van der Waals surface area (Å²) >= 11 is 5.66. The summed E-state index contributed by atoms with van der Waals surface area (Å²) in [4.78, 5) is 31.4. The van der Waals surface area contributed by atoms with E-state index in [0.717, 1.165) is 25.0 Å². The number of aromatic nitrogens is 1. The summed E-state index contributed by atoms with van der Waals surface area (Å²) in [5, 5.41) is 4.29. The molecule has 1 aromatic heterocycles. The Hall–Kier alpha value is -3.22. The topological polar surface area (TPSA) is 83.6 Å². The lowest BCUT2D eigenvalue weighted by Crippen LogP contribution is -2.55. The third-order valence-electron chi connectivity index (χ3n) is 6.96. The molecule has 2 atom stereocenters. The van der Waals surface area contributed by atoms with Crippen LogP contribution in [-0.4, -0.2) is 53.2 Å². The first-order valence-corrected chi connectivity index (χ1v) is 12.9. The second-order valence-electron chi connectivity index (χ2n) is 10.4. The van der Waals surface area contributed by atoms with Gasteiger partial charge in [-0.3, -0.25) is 9.59 Å². The first-order chi connectivity index (χ1) is 18.5. The normalized spacial score (nSPS) is 21.2. The number of benzene rings is 1. The van der Waals surface area contributed by atoms with Crippen LogP contribution in [-0.2, 0) is 11.0 Å². The number of piperidine rings is 1. The maximum absolute atomic E-state index is 13.2. The van der Waals surface area contributed by atoms with Gasteiger partial charge in [0.15, 0.2) is 5.60 Å². The van der Waals surface area contributed by atoms with Crippen LogP contribution in [0.5, 0.6) is 5.75 Å². The van der Waals surface area contributed by atoms with Crippen molar-refractivity contribution >= 4 is 29.2 Å². The molecule has 2 aliphatic rings. The number of carbonyl (C=O) groups excluding carboxylic acids is 2. The molecule has 7 nitrogen and oxygen atoms in total. The molecule has 2 fully saturated rings. The van der Waals surface area contributed by atoms with Crippen molar-refractivity contribution in [2.24, 2.45) is 0 Å². The lowest BCUT2D eigenvalue weighted by Gasteiger charge is -2.40. The summed E-state index contributed by atoms with van der Waals surface area (Å²) in [6.45, 7) is 1.49. The molecular formula is C26H27ClF6N4O3. The van der Waals surface area contributed by atoms with Gasteiger partial charge in [-0.1, -0.05) is 11.6 Å². The molecule has 2 bridgehead atoms. The van der Waals surface area contributed by atoms with Gasteiger partial charge in [0.1, 0.15) is 18.1 Å². The quantitative estimate of drug-likeness (QED) is 0.414. The second-order valence-corrected chi connectivity index (χ2v) is 10.8. The number of halogens is 7. The molecule has 2 unspecified atom stereocenters. The van der Waals surface area contributed by atoms with E-state index in [1.807, 2.05) is 0 Å². The smallest absolute Gasteiger partial charge is 0.417 e. The number of carbonyl (C=O) groups is 2. The van der Waals surface area contributed by atoms with E-state index in [4.69, 9.17) is 16.3 Å². The fourth-order valence-electron chi connectivity index (χ4n) is 5.11. The third kappa shape index (κ3) is 6.91. The Kier molecular flexibility index (Phi) is 8.17. The second kappa shape index (κ2) is 11.0. The number of rotatable bonds is 7. The van der Waals surface area contributed by atoms with E-state index < -0.39 is 46.9 Å². The predicted octanol–water partition coefficient (Wildman–Crippen LogP) is 5.52. The number of amides is 2. The van der Waals surface area contributed by atoms with E-state index in [2.05, 4.69) is 15.2 Å². The first kappa shape index (κ1) is 29.8. The Morgan fingerprint density at radius 3 is 2.25 bits per heavy atom. The summed E-state index contributed by atoms with van der Waals surface area (Å²) in [7, 11) is 0. The lowest BCUT2D eigenvalue weighted by atomic mass is 9.96. The van der Waals surface area contributed by atoms with Crippen molar-refractivity contribution in [2.45, 2.75) is 75.6 Å². The number of alkyl halides is 6. The van der Waals surface area contributed by atoms with Gasteiger partial charge in [0.2, 0.25) is 0 Å². The molecule has 4 rings (SSSR count). The highest BCUT2D eigenvalue weighted by Crippen LogP contribution is 2.39. The molecule has 0 radical (unpaired) electrons. The van der Waals surface area contributed by atoms with Crippen LogP contribution >= 0.6 is 11.6 Å². The minimum atomic E-state index is -4.68. The minimum Gasteiger partial charge on any atom is -0.478 e. The highest BCUT2D eigenvalue weighted by Gasteiger charge is 2.43. The highest BCUT2D eigenvalue weighted by atomic mass is 35.5. The Bertz CT molecular complexity index is 1240. The van der Waals surface area contributed by atoms with Gasteiger partial charge in [-0.05, 0) is 69.9 Å². The molecule has 0 saturated carbocycles. The van der Waals surface area contributed by atoms with Gasteiger partial charge in [-0.25, -0.2) is 4.98 Å². The highest BCUT2D eigenvalue weighted by molar-refractivity contribution is 6.31. The zero-order valence-corrected chi connectivity index (χ0v) is 22.3. The van der Waals surface area contributed by atoms with Gasteiger partial charge in [0, 0.05) is 24.3 Å². The molecule has 2 aliphatic heterocycles. The summed E-state index contributed by atoms with van der Waals surface area (Å²) < 4.78 is 82.3. The Balaban J connectivity index is 1.36. The van der Waals surface area contributed by atoms with E-state index >= 15 is 0 Å². The maximum atomic E-state index is 13.2. The van der Waals surface area contributed by atoms with E-state index in [-0.39, 0.29) is 29.4 Å². The number of hydrogen-bond acceptors (Lipinski definition) is 5. The Morgan fingerprint density at radius 1 is 1.05 bits per heavy atom. The minimum absolute atomic E-state index is 0.00719. The number of fused-ring (bicyclic) bond motifs is 2. The summed E-state index contributed by atoms with van der Waals surface area (Å²) in [6, 6.07) is 5.93. The molecule has 2 saturated heterocycles. The van der Waals surface area contributed by atoms with Crippen LogP contribution in [0, 0.1) is 0 Å². The van der Waals surface area contributed by atoms with Crippen molar-refractivity contribution in [3.63, 3.8) is 0 Å². The number of nitrogens with one attached hydrogen (secondary N) is 2. The SMILES string of the molecule is CC(C)(Oc1ccc(Cl)c(C(F)(F)F)c1)C(=O)NC1CC2CCC(C1)N2c1ccc(C(=O)NCC(F)(F)F)cn1. The van der Waals surface area contributed by atoms with Crippen LogP contribution in [0.25, 0.3) is 0 Å². The Morgan fingerprint density at radius 2 is 1.70 bits per heavy atom. The summed E-state index contributed by atoms with van der Waals surface area (Å²) in [5.74, 6) is -0.926. The predicted molar refractivity (Wildman–Crippen MR) is 134 cm³/mol. The van der Waals surface area contributed by atoms with Crippen molar-refractivity contribution in [3.8, 4) is 5.75 Å². The summed E-state index contributed by atoms with van der Waals surface area (Å²) in [6.07, 6.45) is -5.15. The number of anilines is 1. The van der Waals surface area contributed by atoms with E-state index in [1.54, 1.807) is 11.4 Å². The molecule has 0 spiro atoms. The standard InChI is InChI=1S/C26H27ClF6N4O3/c1-24(2,40-18-6-7-20(27)19(11-18)26(31,32)33)23(39)36-15-9-16-4-5-17(10-15)37(16)21-8-3-14(12-34-21)22(38)35-13-25(28,29)30/h3,6-8,11-12,15-17H,4-5,9-10,13H2,1-2H3,(H,35,38)(H,36,39). The zero-order chi connectivity index (χ0) is 29.5. The summed E-state index contributed by atoms with van der Waals surface area (Å²) in [5.41, 5.74) is -2.53. The van der Waals surface area contributed by atoms with Crippen LogP contribution in [0.1, 0.15) is 55.5 Å². The van der Waals surface area contributed by atoms with Crippen LogP contribution < -0.4 is 20.3 Å². The molecule has 2 aromatic rings. The Labute approximate surface area is 231 Å². The van der Waals surface area contributed by atoms with Gasteiger partial charge in [-0.15, -0.1) is 0 Å². The van der Waals surface area contributed by atoms with Crippen LogP contribution in [0.4, 0.5) is 32.2 Å². The molecule has 1 aromatic carbocycles. The van der Waals surface area contributed by atoms with Gasteiger partial charge in [0.25, 0.3) is 11.8 Å². The monoisotopic (exact) mass is 592 g/mol. The third-order valence-corrected chi connectivity index (χ3v) is 7.28. The van der Waals surface area contributed by atoms with E-state index in [9.17, 15) is 35.9 Å². The fourth-order valence-corrected chi connectivity index (χ4v) is 5.33. The average molecular weight is 593 g/mol. The molecule has 0 aliphatic carbocycles. The molecule has 2 N–H and O–H groups in total. The van der Waals surface area contributed by atoms with Gasteiger partial charge in [0.05, 0.1) is 16.1 Å². The van der Waals surface area contributed by atoms with Crippen molar-refractivity contribution in [1.82, 2.24) is 15.6 Å². The molecule has 3 heterocycles. The molecular weight excluding hydrogens is 566 g/mol. The van der Waals surface area contributed by atoms with Gasteiger partial charge in [-0.2, -0.15) is 26.3 Å². The van der Waals surface area contributed by atoms with Crippen molar-refractivity contribution in [2.75, 3.05) is 11.4 Å². The number of ether oxygens (including phenoxy) is 1. The molecule has 14 heteroatoms. The number of nitrogens with zero attached hydrogens (tertiary/aromatic N) is 2.